The maximum Gasteiger partial charge on any atom is 0.312 e. The van der Waals surface area contributed by atoms with Crippen molar-refractivity contribution >= 4 is 21.7 Å². The number of sulfone groups is 1. The minimum absolute atomic E-state index is 0.0355. The second-order valence-corrected chi connectivity index (χ2v) is 10.2. The molecule has 2 aliphatic rings. The van der Waals surface area contributed by atoms with Crippen molar-refractivity contribution in [2.45, 2.75) is 32.7 Å². The van der Waals surface area contributed by atoms with Crippen LogP contribution < -0.4 is 0 Å². The summed E-state index contributed by atoms with van der Waals surface area (Å²) < 4.78 is 23.6. The number of piperidine rings is 1. The molecule has 7 nitrogen and oxygen atoms in total. The summed E-state index contributed by atoms with van der Waals surface area (Å²) in [6.45, 7) is 6.35. The fourth-order valence-corrected chi connectivity index (χ4v) is 5.60. The molecule has 0 aliphatic carbocycles. The number of nitrogens with zero attached hydrogens (tertiary/aromatic N) is 3. The fourth-order valence-electron chi connectivity index (χ4n) is 3.87. The first kappa shape index (κ1) is 20.2. The van der Waals surface area contributed by atoms with Crippen LogP contribution in [0.5, 0.6) is 0 Å². The number of hydrogen-bond donors (Lipinski definition) is 0. The summed E-state index contributed by atoms with van der Waals surface area (Å²) in [4.78, 5) is 30.7. The molecule has 25 heavy (non-hydrogen) atoms. The highest BCUT2D eigenvalue weighted by Crippen LogP contribution is 2.23. The predicted molar refractivity (Wildman–Crippen MR) is 96.9 cm³/mol. The Morgan fingerprint density at radius 1 is 1.08 bits per heavy atom. The van der Waals surface area contributed by atoms with E-state index in [1.165, 1.54) is 4.90 Å². The Morgan fingerprint density at radius 2 is 1.68 bits per heavy atom. The summed E-state index contributed by atoms with van der Waals surface area (Å²) in [6, 6.07) is -0.388. The normalized spacial score (nSPS) is 29.0. The van der Waals surface area contributed by atoms with E-state index in [1.54, 1.807) is 4.90 Å². The molecule has 3 atom stereocenters. The third-order valence-corrected chi connectivity index (χ3v) is 6.79. The van der Waals surface area contributed by atoms with E-state index in [0.717, 1.165) is 6.42 Å². The molecule has 0 N–H and O–H groups in total. The Hall–Kier alpha value is -1.15. The van der Waals surface area contributed by atoms with E-state index in [-0.39, 0.29) is 17.5 Å². The summed E-state index contributed by atoms with van der Waals surface area (Å²) >= 11 is 0. The van der Waals surface area contributed by atoms with Gasteiger partial charge in [-0.15, -0.1) is 0 Å². The van der Waals surface area contributed by atoms with Crippen molar-refractivity contribution in [3.05, 3.63) is 0 Å². The van der Waals surface area contributed by atoms with Gasteiger partial charge in [0.25, 0.3) is 0 Å². The van der Waals surface area contributed by atoms with Crippen LogP contribution in [0.3, 0.4) is 0 Å². The number of rotatable bonds is 4. The Bertz CT molecular complexity index is 595. The lowest BCUT2D eigenvalue weighted by Crippen LogP contribution is -2.54. The number of hydrogen-bond acceptors (Lipinski definition) is 5. The molecule has 2 amide bonds. The van der Waals surface area contributed by atoms with Crippen LogP contribution in [0.25, 0.3) is 0 Å². The molecule has 0 bridgehead atoms. The second kappa shape index (κ2) is 8.03. The average Bonchev–Trinajstić information content (AvgIpc) is 2.85. The van der Waals surface area contributed by atoms with E-state index in [0.29, 0.717) is 44.4 Å². The van der Waals surface area contributed by atoms with Gasteiger partial charge < -0.3 is 14.7 Å². The molecule has 2 aliphatic heterocycles. The molecule has 0 aromatic carbocycles. The van der Waals surface area contributed by atoms with Gasteiger partial charge in [0.15, 0.2) is 9.84 Å². The first-order valence-corrected chi connectivity index (χ1v) is 10.9. The zero-order chi connectivity index (χ0) is 18.8. The van der Waals surface area contributed by atoms with E-state index in [1.807, 2.05) is 19.0 Å². The molecule has 144 valence electrons. The van der Waals surface area contributed by atoms with E-state index >= 15 is 0 Å². The third kappa shape index (κ3) is 5.41. The van der Waals surface area contributed by atoms with Crippen molar-refractivity contribution in [1.82, 2.24) is 14.7 Å². The summed E-state index contributed by atoms with van der Waals surface area (Å²) in [5, 5.41) is 0. The maximum atomic E-state index is 12.9. The molecule has 2 saturated heterocycles. The van der Waals surface area contributed by atoms with Crippen LogP contribution in [0.1, 0.15) is 26.7 Å². The third-order valence-electron chi connectivity index (χ3n) is 5.04. The van der Waals surface area contributed by atoms with Crippen LogP contribution in [0, 0.1) is 11.8 Å². The average molecular weight is 374 g/mol. The van der Waals surface area contributed by atoms with E-state index in [4.69, 9.17) is 0 Å². The number of likely N-dealkylation sites (N-methyl/N-ethyl adjacent to an activating group) is 1. The first-order valence-electron chi connectivity index (χ1n) is 9.04. The Kier molecular flexibility index (Phi) is 6.48. The highest BCUT2D eigenvalue weighted by molar-refractivity contribution is 7.91. The Labute approximate surface area is 151 Å². The Morgan fingerprint density at radius 3 is 2.16 bits per heavy atom. The van der Waals surface area contributed by atoms with Crippen molar-refractivity contribution in [3.8, 4) is 0 Å². The molecule has 0 aromatic rings. The van der Waals surface area contributed by atoms with Gasteiger partial charge in [0.05, 0.1) is 11.5 Å². The minimum atomic E-state index is -3.11. The summed E-state index contributed by atoms with van der Waals surface area (Å²) in [6.07, 6.45) is 1.48. The SMILES string of the molecule is CC1CC(C)CN(C(=O)C(=O)N(CCN(C)C)C2CCS(=O)(=O)C2)C1. The topological polar surface area (TPSA) is 78.0 Å². The molecule has 0 saturated carbocycles. The molecule has 2 fully saturated rings. The van der Waals surface area contributed by atoms with Crippen molar-refractivity contribution in [1.29, 1.82) is 0 Å². The molecule has 8 heteroatoms. The zero-order valence-electron chi connectivity index (χ0n) is 15.8. The van der Waals surface area contributed by atoms with Gasteiger partial charge in [-0.05, 0) is 38.8 Å². The first-order chi connectivity index (χ1) is 11.6. The van der Waals surface area contributed by atoms with Crippen LogP contribution in [-0.4, -0.2) is 92.8 Å². The Balaban J connectivity index is 2.12. The number of carbonyl (C=O) groups is 2. The van der Waals surface area contributed by atoms with E-state index in [2.05, 4.69) is 13.8 Å². The number of carbonyl (C=O) groups excluding carboxylic acids is 2. The lowest BCUT2D eigenvalue weighted by molar-refractivity contribution is -0.154. The van der Waals surface area contributed by atoms with Gasteiger partial charge in [-0.1, -0.05) is 13.8 Å². The van der Waals surface area contributed by atoms with Crippen molar-refractivity contribution < 1.29 is 18.0 Å². The zero-order valence-corrected chi connectivity index (χ0v) is 16.6. The van der Waals surface area contributed by atoms with Gasteiger partial charge in [0.2, 0.25) is 0 Å². The lowest BCUT2D eigenvalue weighted by atomic mass is 9.92. The molecule has 0 aromatic heterocycles. The highest BCUT2D eigenvalue weighted by atomic mass is 32.2. The molecular weight excluding hydrogens is 342 g/mol. The second-order valence-electron chi connectivity index (χ2n) is 8.01. The number of likely N-dealkylation sites (tertiary alicyclic amines) is 1. The van der Waals surface area contributed by atoms with Gasteiger partial charge in [0.1, 0.15) is 0 Å². The molecule has 0 spiro atoms. The van der Waals surface area contributed by atoms with Crippen molar-refractivity contribution in [3.63, 3.8) is 0 Å². The quantitative estimate of drug-likeness (QED) is 0.652. The predicted octanol–water partition coefficient (Wildman–Crippen LogP) is 0.0682. The van der Waals surface area contributed by atoms with Crippen molar-refractivity contribution in [2.75, 3.05) is 51.8 Å². The summed E-state index contributed by atoms with van der Waals surface area (Å²) in [5.74, 6) is -0.223. The van der Waals surface area contributed by atoms with Crippen LogP contribution in [0.4, 0.5) is 0 Å². The molecule has 2 heterocycles. The van der Waals surface area contributed by atoms with E-state index < -0.39 is 21.7 Å². The summed E-state index contributed by atoms with van der Waals surface area (Å²) in [5.41, 5.74) is 0. The van der Waals surface area contributed by atoms with Gasteiger partial charge >= 0.3 is 11.8 Å². The van der Waals surface area contributed by atoms with Crippen molar-refractivity contribution in [2.24, 2.45) is 11.8 Å². The lowest BCUT2D eigenvalue weighted by Gasteiger charge is -2.36. The highest BCUT2D eigenvalue weighted by Gasteiger charge is 2.39. The molecule has 0 radical (unpaired) electrons. The van der Waals surface area contributed by atoms with Crippen LogP contribution >= 0.6 is 0 Å². The molecule has 3 unspecified atom stereocenters. The minimum Gasteiger partial charge on any atom is -0.334 e. The van der Waals surface area contributed by atoms with Gasteiger partial charge in [-0.3, -0.25) is 9.59 Å². The molecule has 2 rings (SSSR count). The largest absolute Gasteiger partial charge is 0.334 e. The summed E-state index contributed by atoms with van der Waals surface area (Å²) in [7, 11) is 0.672. The van der Waals surface area contributed by atoms with Crippen LogP contribution in [-0.2, 0) is 19.4 Å². The fraction of sp³-hybridized carbons (Fsp3) is 0.882. The number of amides is 2. The smallest absolute Gasteiger partial charge is 0.312 e. The van der Waals surface area contributed by atoms with Gasteiger partial charge in [-0.25, -0.2) is 8.42 Å². The van der Waals surface area contributed by atoms with Crippen LogP contribution in [0.2, 0.25) is 0 Å². The molecular formula is C17H31N3O4S. The maximum absolute atomic E-state index is 12.9. The van der Waals surface area contributed by atoms with Crippen LogP contribution in [0.15, 0.2) is 0 Å². The van der Waals surface area contributed by atoms with E-state index in [9.17, 15) is 18.0 Å². The monoisotopic (exact) mass is 373 g/mol. The van der Waals surface area contributed by atoms with Gasteiger partial charge in [0, 0.05) is 32.2 Å². The standard InChI is InChI=1S/C17H31N3O4S/c1-13-9-14(2)11-19(10-13)16(21)17(22)20(7-6-18(3)4)15-5-8-25(23,24)12-15/h13-15H,5-12H2,1-4H3. The van der Waals surface area contributed by atoms with Gasteiger partial charge in [-0.2, -0.15) is 0 Å².